The molecule has 0 aliphatic carbocycles. The predicted octanol–water partition coefficient (Wildman–Crippen LogP) is 2.86. The highest BCUT2D eigenvalue weighted by Gasteiger charge is 2.31. The smallest absolute Gasteiger partial charge is 0.486 e. The molecule has 1 aliphatic heterocycles. The van der Waals surface area contributed by atoms with Crippen LogP contribution in [0.4, 0.5) is 23.7 Å². The summed E-state index contributed by atoms with van der Waals surface area (Å²) in [6.45, 7) is -0.00224. The number of rotatable bonds is 5. The molecular weight excluding hydrogens is 425 g/mol. The second-order valence-corrected chi connectivity index (χ2v) is 6.01. The number of nitrogens with one attached hydrogen (secondary N) is 2. The van der Waals surface area contributed by atoms with Gasteiger partial charge in [0.05, 0.1) is 5.56 Å². The number of urea groups is 1. The van der Waals surface area contributed by atoms with Crippen molar-refractivity contribution in [3.05, 3.63) is 48.0 Å². The summed E-state index contributed by atoms with van der Waals surface area (Å²) in [7, 11) is 0. The molecule has 164 valence electrons. The van der Waals surface area contributed by atoms with Crippen molar-refractivity contribution in [2.24, 2.45) is 0 Å². The Morgan fingerprint density at radius 3 is 2.32 bits per heavy atom. The van der Waals surface area contributed by atoms with E-state index in [4.69, 9.17) is 14.2 Å². The fraction of sp³-hybridized carbons (Fsp3) is 0.211. The molecule has 0 spiro atoms. The van der Waals surface area contributed by atoms with Gasteiger partial charge in [-0.3, -0.25) is 10.1 Å². The van der Waals surface area contributed by atoms with Crippen molar-refractivity contribution in [3.63, 3.8) is 0 Å². The first kappa shape index (κ1) is 21.7. The highest BCUT2D eigenvalue weighted by atomic mass is 19.4. The van der Waals surface area contributed by atoms with Crippen LogP contribution in [0.15, 0.2) is 42.5 Å². The molecule has 3 rings (SSSR count). The van der Waals surface area contributed by atoms with Crippen LogP contribution in [0.5, 0.6) is 17.2 Å². The Bertz CT molecular complexity index is 977. The van der Waals surface area contributed by atoms with E-state index >= 15 is 0 Å². The van der Waals surface area contributed by atoms with Gasteiger partial charge in [-0.15, -0.1) is 13.2 Å². The highest BCUT2D eigenvalue weighted by Crippen LogP contribution is 2.32. The molecule has 12 heteroatoms. The quantitative estimate of drug-likeness (QED) is 0.688. The minimum Gasteiger partial charge on any atom is -0.486 e. The van der Waals surface area contributed by atoms with E-state index in [-0.39, 0.29) is 5.56 Å². The summed E-state index contributed by atoms with van der Waals surface area (Å²) >= 11 is 0. The summed E-state index contributed by atoms with van der Waals surface area (Å²) in [5.74, 6) is -1.44. The van der Waals surface area contributed by atoms with Gasteiger partial charge in [-0.2, -0.15) is 0 Å². The van der Waals surface area contributed by atoms with Crippen LogP contribution in [0.2, 0.25) is 0 Å². The number of imide groups is 1. The van der Waals surface area contributed by atoms with Gasteiger partial charge < -0.3 is 24.3 Å². The van der Waals surface area contributed by atoms with Gasteiger partial charge in [-0.25, -0.2) is 9.59 Å². The van der Waals surface area contributed by atoms with E-state index in [2.05, 4.69) is 10.1 Å². The molecule has 0 saturated carbocycles. The Balaban J connectivity index is 1.45. The first-order valence-electron chi connectivity index (χ1n) is 8.73. The van der Waals surface area contributed by atoms with Crippen LogP contribution < -0.4 is 24.8 Å². The second-order valence-electron chi connectivity index (χ2n) is 6.01. The van der Waals surface area contributed by atoms with Crippen LogP contribution in [0.3, 0.4) is 0 Å². The second kappa shape index (κ2) is 9.24. The number of hydrogen-bond acceptors (Lipinski definition) is 7. The first-order chi connectivity index (χ1) is 14.7. The summed E-state index contributed by atoms with van der Waals surface area (Å²) in [5.41, 5.74) is 0.232. The molecule has 0 fully saturated rings. The minimum absolute atomic E-state index is 0.108. The number of anilines is 1. The lowest BCUT2D eigenvalue weighted by Gasteiger charge is -2.19. The van der Waals surface area contributed by atoms with Crippen molar-refractivity contribution in [2.75, 3.05) is 25.1 Å². The molecule has 0 unspecified atom stereocenters. The topological polar surface area (TPSA) is 112 Å². The Labute approximate surface area is 173 Å². The summed E-state index contributed by atoms with van der Waals surface area (Å²) in [5, 5.41) is 4.38. The summed E-state index contributed by atoms with van der Waals surface area (Å²) in [6, 6.07) is 7.71. The molecule has 0 saturated heterocycles. The van der Waals surface area contributed by atoms with Crippen molar-refractivity contribution in [2.45, 2.75) is 6.36 Å². The zero-order valence-corrected chi connectivity index (χ0v) is 15.7. The van der Waals surface area contributed by atoms with Gasteiger partial charge >= 0.3 is 18.4 Å². The van der Waals surface area contributed by atoms with E-state index in [0.29, 0.717) is 30.4 Å². The lowest BCUT2D eigenvalue weighted by atomic mass is 10.2. The third-order valence-electron chi connectivity index (χ3n) is 3.71. The zero-order chi connectivity index (χ0) is 22.4. The van der Waals surface area contributed by atoms with Gasteiger partial charge in [-0.1, -0.05) is 0 Å². The molecule has 1 heterocycles. The van der Waals surface area contributed by atoms with E-state index in [1.54, 1.807) is 12.1 Å². The van der Waals surface area contributed by atoms with Crippen LogP contribution in [-0.2, 0) is 9.53 Å². The Morgan fingerprint density at radius 2 is 1.65 bits per heavy atom. The molecule has 2 N–H and O–H groups in total. The van der Waals surface area contributed by atoms with Crippen LogP contribution in [-0.4, -0.2) is 44.1 Å². The van der Waals surface area contributed by atoms with Crippen molar-refractivity contribution in [1.82, 2.24) is 5.32 Å². The number of esters is 1. The predicted molar refractivity (Wildman–Crippen MR) is 98.0 cm³/mol. The van der Waals surface area contributed by atoms with Gasteiger partial charge in [0, 0.05) is 11.8 Å². The number of benzene rings is 2. The molecule has 1 aliphatic rings. The van der Waals surface area contributed by atoms with Crippen molar-refractivity contribution in [1.29, 1.82) is 0 Å². The number of ether oxygens (including phenoxy) is 4. The average Bonchev–Trinajstić information content (AvgIpc) is 2.71. The molecule has 0 radical (unpaired) electrons. The maximum Gasteiger partial charge on any atom is 0.573 e. The molecular formula is C19H15F3N2O7. The summed E-state index contributed by atoms with van der Waals surface area (Å²) in [6.07, 6.45) is -4.86. The SMILES string of the molecule is O=C(COC(=O)c1ccc(OC(F)(F)F)cc1)NC(=O)Nc1ccc2c(c1)OCCO2. The lowest BCUT2D eigenvalue weighted by molar-refractivity contribution is -0.274. The lowest BCUT2D eigenvalue weighted by Crippen LogP contribution is -2.37. The normalized spacial score (nSPS) is 12.5. The molecule has 2 aromatic carbocycles. The maximum atomic E-state index is 12.1. The number of hydrogen-bond donors (Lipinski definition) is 2. The molecule has 0 atom stereocenters. The number of carbonyl (C=O) groups is 3. The van der Waals surface area contributed by atoms with Crippen molar-refractivity contribution >= 4 is 23.6 Å². The zero-order valence-electron chi connectivity index (χ0n) is 15.7. The standard InChI is InChI=1S/C19H15F3N2O7/c20-19(21,22)31-13-4-1-11(2-5-13)17(26)30-10-16(25)24-18(27)23-12-3-6-14-15(9-12)29-8-7-28-14/h1-6,9H,7-8,10H2,(H2,23,24,25,27). The average molecular weight is 440 g/mol. The van der Waals surface area contributed by atoms with E-state index in [1.165, 1.54) is 6.07 Å². The largest absolute Gasteiger partial charge is 0.573 e. The number of carbonyl (C=O) groups excluding carboxylic acids is 3. The Kier molecular flexibility index (Phi) is 6.48. The van der Waals surface area contributed by atoms with Crippen LogP contribution >= 0.6 is 0 Å². The molecule has 3 amide bonds. The minimum atomic E-state index is -4.86. The van der Waals surface area contributed by atoms with E-state index in [1.807, 2.05) is 5.32 Å². The monoisotopic (exact) mass is 440 g/mol. The number of fused-ring (bicyclic) bond motifs is 1. The van der Waals surface area contributed by atoms with Crippen LogP contribution in [0, 0.1) is 0 Å². The van der Waals surface area contributed by atoms with Gasteiger partial charge in [0.25, 0.3) is 5.91 Å². The third kappa shape index (κ3) is 6.52. The Hall–Kier alpha value is -3.96. The van der Waals surface area contributed by atoms with E-state index < -0.39 is 36.6 Å². The van der Waals surface area contributed by atoms with Gasteiger partial charge in [0.2, 0.25) is 0 Å². The number of amides is 3. The summed E-state index contributed by atoms with van der Waals surface area (Å²) < 4.78 is 55.5. The number of alkyl halides is 3. The van der Waals surface area contributed by atoms with E-state index in [0.717, 1.165) is 24.3 Å². The van der Waals surface area contributed by atoms with Gasteiger partial charge in [0.15, 0.2) is 18.1 Å². The maximum absolute atomic E-state index is 12.1. The summed E-state index contributed by atoms with van der Waals surface area (Å²) in [4.78, 5) is 35.5. The Morgan fingerprint density at radius 1 is 0.968 bits per heavy atom. The molecule has 9 nitrogen and oxygen atoms in total. The van der Waals surface area contributed by atoms with Crippen LogP contribution in [0.1, 0.15) is 10.4 Å². The highest BCUT2D eigenvalue weighted by molar-refractivity contribution is 6.02. The van der Waals surface area contributed by atoms with E-state index in [9.17, 15) is 27.6 Å². The van der Waals surface area contributed by atoms with Crippen LogP contribution in [0.25, 0.3) is 0 Å². The van der Waals surface area contributed by atoms with Crippen molar-refractivity contribution < 1.29 is 46.5 Å². The molecule has 31 heavy (non-hydrogen) atoms. The van der Waals surface area contributed by atoms with Gasteiger partial charge in [-0.05, 0) is 36.4 Å². The fourth-order valence-electron chi connectivity index (χ4n) is 2.45. The third-order valence-corrected chi connectivity index (χ3v) is 3.71. The van der Waals surface area contributed by atoms with Gasteiger partial charge in [0.1, 0.15) is 19.0 Å². The van der Waals surface area contributed by atoms with Crippen molar-refractivity contribution in [3.8, 4) is 17.2 Å². The molecule has 2 aromatic rings. The fourth-order valence-corrected chi connectivity index (χ4v) is 2.45. The first-order valence-corrected chi connectivity index (χ1v) is 8.73. The molecule has 0 aromatic heterocycles. The molecule has 0 bridgehead atoms. The number of halogens is 3.